The second kappa shape index (κ2) is 10.6. The third-order valence-electron chi connectivity index (χ3n) is 5.05. The van der Waals surface area contributed by atoms with E-state index in [4.69, 9.17) is 16.3 Å². The van der Waals surface area contributed by atoms with Crippen LogP contribution in [0.3, 0.4) is 0 Å². The van der Waals surface area contributed by atoms with E-state index >= 15 is 0 Å². The average Bonchev–Trinajstić information content (AvgIpc) is 3.08. The van der Waals surface area contributed by atoms with Crippen molar-refractivity contribution in [1.82, 2.24) is 4.90 Å². The van der Waals surface area contributed by atoms with E-state index in [2.05, 4.69) is 15.9 Å². The van der Waals surface area contributed by atoms with Gasteiger partial charge in [-0.15, -0.1) is 0 Å². The molecule has 1 saturated heterocycles. The van der Waals surface area contributed by atoms with Crippen LogP contribution in [0.1, 0.15) is 16.7 Å². The van der Waals surface area contributed by atoms with Gasteiger partial charge in [0.15, 0.2) is 0 Å². The van der Waals surface area contributed by atoms with Gasteiger partial charge >= 0.3 is 0 Å². The number of halogens is 3. The van der Waals surface area contributed by atoms with Gasteiger partial charge in [-0.1, -0.05) is 33.6 Å². The van der Waals surface area contributed by atoms with Gasteiger partial charge in [-0.2, -0.15) is 0 Å². The number of ether oxygens (including phenoxy) is 1. The highest BCUT2D eigenvalue weighted by Crippen LogP contribution is 2.36. The van der Waals surface area contributed by atoms with Crippen LogP contribution in [0.15, 0.2) is 70.0 Å². The predicted octanol–water partition coefficient (Wildman–Crippen LogP) is 6.97. The highest BCUT2D eigenvalue weighted by atomic mass is 79.9. The van der Waals surface area contributed by atoms with E-state index in [-0.39, 0.29) is 34.3 Å². The lowest BCUT2D eigenvalue weighted by atomic mass is 10.1. The molecule has 1 aliphatic heterocycles. The van der Waals surface area contributed by atoms with Crippen molar-refractivity contribution in [2.24, 2.45) is 0 Å². The van der Waals surface area contributed by atoms with Gasteiger partial charge in [0.25, 0.3) is 16.8 Å². The molecule has 1 heterocycles. The minimum Gasteiger partial charge on any atom is -0.488 e. The summed E-state index contributed by atoms with van der Waals surface area (Å²) in [4.78, 5) is 36.9. The lowest BCUT2D eigenvalue weighted by Crippen LogP contribution is -2.28. The van der Waals surface area contributed by atoms with Crippen LogP contribution in [0.5, 0.6) is 5.75 Å². The molecule has 0 atom stereocenters. The van der Waals surface area contributed by atoms with Crippen LogP contribution >= 0.6 is 39.3 Å². The first-order valence-electron chi connectivity index (χ1n) is 10.1. The van der Waals surface area contributed by atoms with E-state index in [0.717, 1.165) is 21.1 Å². The summed E-state index contributed by atoms with van der Waals surface area (Å²) in [6.45, 7) is -0.150. The summed E-state index contributed by atoms with van der Waals surface area (Å²) in [5.74, 6) is -0.731. The molecule has 1 aliphatic rings. The average molecular weight is 578 g/mol. The molecule has 0 unspecified atom stereocenters. The molecule has 0 aromatic heterocycles. The Morgan fingerprint density at radius 2 is 1.89 bits per heavy atom. The van der Waals surface area contributed by atoms with Gasteiger partial charge in [0, 0.05) is 32.8 Å². The first-order chi connectivity index (χ1) is 16.7. The van der Waals surface area contributed by atoms with Gasteiger partial charge in [-0.05, 0) is 65.9 Å². The number of carbonyl (C=O) groups excluding carboxylic acids is 2. The van der Waals surface area contributed by atoms with Crippen molar-refractivity contribution < 1.29 is 23.6 Å². The Labute approximate surface area is 216 Å². The minimum atomic E-state index is -0.602. The van der Waals surface area contributed by atoms with Crippen molar-refractivity contribution in [3.05, 3.63) is 108 Å². The van der Waals surface area contributed by atoms with Crippen LogP contribution < -0.4 is 4.74 Å². The second-order valence-corrected chi connectivity index (χ2v) is 9.68. The Kier molecular flexibility index (Phi) is 7.54. The fraction of sp³-hybridized carbons (Fsp3) is 0.0833. The number of hydrogen-bond acceptors (Lipinski definition) is 6. The van der Waals surface area contributed by atoms with Crippen LogP contribution in [0.25, 0.3) is 6.08 Å². The number of amides is 2. The number of hydrogen-bond donors (Lipinski definition) is 0. The third-order valence-corrected chi connectivity index (χ3v) is 6.81. The fourth-order valence-corrected chi connectivity index (χ4v) is 4.69. The Morgan fingerprint density at radius 1 is 1.14 bits per heavy atom. The van der Waals surface area contributed by atoms with Gasteiger partial charge in [-0.3, -0.25) is 24.6 Å². The van der Waals surface area contributed by atoms with Gasteiger partial charge in [0.2, 0.25) is 0 Å². The molecule has 4 rings (SSSR count). The number of nitrogens with zero attached hydrogens (tertiary/aromatic N) is 2. The minimum absolute atomic E-state index is 0.0227. The zero-order valence-corrected chi connectivity index (χ0v) is 20.9. The topological polar surface area (TPSA) is 89.7 Å². The van der Waals surface area contributed by atoms with Crippen LogP contribution in [0.2, 0.25) is 5.02 Å². The van der Waals surface area contributed by atoms with E-state index in [0.29, 0.717) is 16.9 Å². The summed E-state index contributed by atoms with van der Waals surface area (Å²) >= 11 is 10.2. The van der Waals surface area contributed by atoms with E-state index in [1.165, 1.54) is 36.4 Å². The van der Waals surface area contributed by atoms with Crippen LogP contribution in [0.4, 0.5) is 14.9 Å². The quantitative estimate of drug-likeness (QED) is 0.171. The van der Waals surface area contributed by atoms with Crippen molar-refractivity contribution in [3.63, 3.8) is 0 Å². The van der Waals surface area contributed by atoms with Crippen LogP contribution in [-0.4, -0.2) is 21.0 Å². The summed E-state index contributed by atoms with van der Waals surface area (Å²) in [6, 6.07) is 15.3. The Hall–Kier alpha value is -3.21. The highest BCUT2D eigenvalue weighted by molar-refractivity contribution is 9.10. The standard InChI is InChI=1S/C24H15BrClFN2O5S/c25-16-6-9-21(34-13-14-4-7-17(8-5-14)29(32)33)15(10-16)11-22-23(30)28(24(31)35-22)12-18-19(26)2-1-3-20(18)27/h1-11H,12-13H2/b22-11-. The fourth-order valence-electron chi connectivity index (χ4n) is 3.26. The number of benzene rings is 3. The maximum atomic E-state index is 14.2. The third kappa shape index (κ3) is 5.72. The molecule has 11 heteroatoms. The smallest absolute Gasteiger partial charge is 0.293 e. The molecule has 178 valence electrons. The number of carbonyl (C=O) groups is 2. The molecule has 0 N–H and O–H groups in total. The van der Waals surface area contributed by atoms with Gasteiger partial charge in [0.05, 0.1) is 16.4 Å². The number of nitro benzene ring substituents is 1. The SMILES string of the molecule is O=C1S/C(=C\c2cc(Br)ccc2OCc2ccc([N+](=O)[O-])cc2)C(=O)N1Cc1c(F)cccc1Cl. The zero-order valence-electron chi connectivity index (χ0n) is 17.7. The lowest BCUT2D eigenvalue weighted by molar-refractivity contribution is -0.384. The van der Waals surface area contributed by atoms with Gasteiger partial charge < -0.3 is 4.74 Å². The molecule has 0 spiro atoms. The maximum Gasteiger partial charge on any atom is 0.293 e. The molecular formula is C24H15BrClFN2O5S. The monoisotopic (exact) mass is 576 g/mol. The van der Waals surface area contributed by atoms with E-state index in [9.17, 15) is 24.1 Å². The molecular weight excluding hydrogens is 563 g/mol. The number of thioether (sulfide) groups is 1. The van der Waals surface area contributed by atoms with E-state index in [1.807, 2.05) is 0 Å². The summed E-state index contributed by atoms with van der Waals surface area (Å²) in [7, 11) is 0. The number of nitro groups is 1. The first kappa shape index (κ1) is 24.9. The highest BCUT2D eigenvalue weighted by Gasteiger charge is 2.36. The molecule has 0 bridgehead atoms. The molecule has 35 heavy (non-hydrogen) atoms. The van der Waals surface area contributed by atoms with Crippen molar-refractivity contribution in [2.45, 2.75) is 13.2 Å². The molecule has 3 aromatic rings. The summed E-state index contributed by atoms with van der Waals surface area (Å²) in [5.41, 5.74) is 1.29. The van der Waals surface area contributed by atoms with Crippen molar-refractivity contribution in [2.75, 3.05) is 0 Å². The Morgan fingerprint density at radius 3 is 2.57 bits per heavy atom. The Balaban J connectivity index is 1.55. The molecule has 3 aromatic carbocycles. The first-order valence-corrected chi connectivity index (χ1v) is 12.1. The molecule has 0 saturated carbocycles. The molecule has 1 fully saturated rings. The normalized spacial score (nSPS) is 14.6. The summed E-state index contributed by atoms with van der Waals surface area (Å²) < 4.78 is 20.8. The predicted molar refractivity (Wildman–Crippen MR) is 134 cm³/mol. The number of non-ortho nitro benzene ring substituents is 1. The Bertz CT molecular complexity index is 1350. The van der Waals surface area contributed by atoms with Crippen molar-refractivity contribution in [1.29, 1.82) is 0 Å². The van der Waals surface area contributed by atoms with Crippen molar-refractivity contribution >= 4 is 62.2 Å². The zero-order chi connectivity index (χ0) is 25.1. The lowest BCUT2D eigenvalue weighted by Gasteiger charge is -2.14. The molecule has 0 radical (unpaired) electrons. The summed E-state index contributed by atoms with van der Waals surface area (Å²) in [5, 5.41) is 10.4. The van der Waals surface area contributed by atoms with E-state index < -0.39 is 21.9 Å². The van der Waals surface area contributed by atoms with Gasteiger partial charge in [0.1, 0.15) is 18.2 Å². The van der Waals surface area contributed by atoms with Crippen molar-refractivity contribution in [3.8, 4) is 5.75 Å². The van der Waals surface area contributed by atoms with E-state index in [1.54, 1.807) is 30.3 Å². The molecule has 7 nitrogen and oxygen atoms in total. The van der Waals surface area contributed by atoms with Gasteiger partial charge in [-0.25, -0.2) is 4.39 Å². The van der Waals surface area contributed by atoms with Crippen LogP contribution in [-0.2, 0) is 17.9 Å². The molecule has 2 amide bonds. The number of rotatable bonds is 7. The summed E-state index contributed by atoms with van der Waals surface area (Å²) in [6.07, 6.45) is 1.53. The largest absolute Gasteiger partial charge is 0.488 e. The molecule has 0 aliphatic carbocycles. The number of imide groups is 1. The second-order valence-electron chi connectivity index (χ2n) is 7.36. The maximum absolute atomic E-state index is 14.2. The van der Waals surface area contributed by atoms with Crippen LogP contribution in [0, 0.1) is 15.9 Å².